The summed E-state index contributed by atoms with van der Waals surface area (Å²) in [6.45, 7) is 4.11. The average molecular weight is 225 g/mol. The van der Waals surface area contributed by atoms with E-state index in [0.29, 0.717) is 0 Å². The minimum absolute atomic E-state index is 0.0887. The number of carboxylic acid groups (broad SMARTS) is 1. The van der Waals surface area contributed by atoms with Crippen molar-refractivity contribution in [3.8, 4) is 0 Å². The van der Waals surface area contributed by atoms with Crippen LogP contribution in [0.3, 0.4) is 0 Å². The Morgan fingerprint density at radius 1 is 1.56 bits per heavy atom. The van der Waals surface area contributed by atoms with Crippen LogP contribution in [-0.4, -0.2) is 39.6 Å². The maximum atomic E-state index is 10.8. The zero-order valence-electron chi connectivity index (χ0n) is 10.2. The van der Waals surface area contributed by atoms with Gasteiger partial charge >= 0.3 is 5.97 Å². The van der Waals surface area contributed by atoms with Gasteiger partial charge in [0.25, 0.3) is 0 Å². The molecule has 0 aromatic carbocycles. The number of nitrogens with zero attached hydrogens (tertiary/aromatic N) is 3. The van der Waals surface area contributed by atoms with Gasteiger partial charge in [-0.05, 0) is 27.9 Å². The lowest BCUT2D eigenvalue weighted by molar-refractivity contribution is -0.138. The van der Waals surface area contributed by atoms with Crippen LogP contribution in [0.25, 0.3) is 0 Å². The molecule has 1 aromatic heterocycles. The molecule has 0 aliphatic heterocycles. The van der Waals surface area contributed by atoms with E-state index in [2.05, 4.69) is 18.8 Å². The third kappa shape index (κ3) is 2.82. The molecule has 0 aliphatic rings. The highest BCUT2D eigenvalue weighted by Crippen LogP contribution is 2.24. The Morgan fingerprint density at radius 3 is 2.62 bits per heavy atom. The third-order valence-electron chi connectivity index (χ3n) is 2.59. The third-order valence-corrected chi connectivity index (χ3v) is 2.59. The summed E-state index contributed by atoms with van der Waals surface area (Å²) in [4.78, 5) is 16.8. The van der Waals surface area contributed by atoms with E-state index in [0.717, 1.165) is 5.69 Å². The van der Waals surface area contributed by atoms with Gasteiger partial charge in [0.1, 0.15) is 0 Å². The van der Waals surface area contributed by atoms with Gasteiger partial charge in [-0.25, -0.2) is 4.98 Å². The SMILES string of the molecule is CC(C)n1cncc1C(CC(=O)O)N(C)C. The predicted octanol–water partition coefficient (Wildman–Crippen LogP) is 1.54. The lowest BCUT2D eigenvalue weighted by Crippen LogP contribution is -2.25. The zero-order chi connectivity index (χ0) is 12.3. The Morgan fingerprint density at radius 2 is 2.19 bits per heavy atom. The van der Waals surface area contributed by atoms with Crippen molar-refractivity contribution in [3.05, 3.63) is 18.2 Å². The Bertz CT molecular complexity index is 358. The second kappa shape index (κ2) is 5.12. The van der Waals surface area contributed by atoms with Crippen LogP contribution < -0.4 is 0 Å². The molecule has 0 bridgehead atoms. The maximum Gasteiger partial charge on any atom is 0.305 e. The van der Waals surface area contributed by atoms with Crippen LogP contribution in [0, 0.1) is 0 Å². The maximum absolute atomic E-state index is 10.8. The zero-order valence-corrected chi connectivity index (χ0v) is 10.2. The van der Waals surface area contributed by atoms with Gasteiger partial charge in [0.2, 0.25) is 0 Å². The number of carboxylic acids is 1. The number of imidazole rings is 1. The molecule has 1 atom stereocenters. The normalized spacial score (nSPS) is 13.4. The summed E-state index contributed by atoms with van der Waals surface area (Å²) in [6.07, 6.45) is 3.58. The number of rotatable bonds is 5. The Balaban J connectivity index is 3.01. The molecule has 0 saturated carbocycles. The van der Waals surface area contributed by atoms with Gasteiger partial charge in [0.15, 0.2) is 0 Å². The van der Waals surface area contributed by atoms with Crippen molar-refractivity contribution < 1.29 is 9.90 Å². The molecule has 0 saturated heterocycles. The molecule has 16 heavy (non-hydrogen) atoms. The molecule has 1 rings (SSSR count). The quantitative estimate of drug-likeness (QED) is 0.825. The average Bonchev–Trinajstić information content (AvgIpc) is 2.61. The Kier molecular flexibility index (Phi) is 4.06. The molecule has 90 valence electrons. The fourth-order valence-corrected chi connectivity index (χ4v) is 1.72. The van der Waals surface area contributed by atoms with Crippen LogP contribution >= 0.6 is 0 Å². The van der Waals surface area contributed by atoms with E-state index in [1.54, 1.807) is 12.5 Å². The molecule has 5 heteroatoms. The van der Waals surface area contributed by atoms with Crippen LogP contribution in [0.15, 0.2) is 12.5 Å². The topological polar surface area (TPSA) is 58.4 Å². The second-order valence-electron chi connectivity index (χ2n) is 4.40. The van der Waals surface area contributed by atoms with E-state index >= 15 is 0 Å². The molecule has 5 nitrogen and oxygen atoms in total. The highest BCUT2D eigenvalue weighted by molar-refractivity contribution is 5.67. The number of hydrogen-bond donors (Lipinski definition) is 1. The van der Waals surface area contributed by atoms with Crippen LogP contribution in [0.1, 0.15) is 38.0 Å². The van der Waals surface area contributed by atoms with Crippen LogP contribution in [0.2, 0.25) is 0 Å². The van der Waals surface area contributed by atoms with Crippen molar-refractivity contribution in [2.45, 2.75) is 32.4 Å². The Labute approximate surface area is 95.7 Å². The highest BCUT2D eigenvalue weighted by atomic mass is 16.4. The van der Waals surface area contributed by atoms with Gasteiger partial charge in [0, 0.05) is 12.2 Å². The van der Waals surface area contributed by atoms with Crippen molar-refractivity contribution in [2.24, 2.45) is 0 Å². The van der Waals surface area contributed by atoms with Gasteiger partial charge in [-0.15, -0.1) is 0 Å². The van der Waals surface area contributed by atoms with E-state index in [1.165, 1.54) is 0 Å². The Hall–Kier alpha value is -1.36. The first-order chi connectivity index (χ1) is 7.43. The molecule has 1 N–H and O–H groups in total. The van der Waals surface area contributed by atoms with Gasteiger partial charge in [-0.2, -0.15) is 0 Å². The van der Waals surface area contributed by atoms with Crippen molar-refractivity contribution in [2.75, 3.05) is 14.1 Å². The van der Waals surface area contributed by atoms with E-state index < -0.39 is 5.97 Å². The molecule has 1 heterocycles. The first-order valence-electron chi connectivity index (χ1n) is 5.33. The first kappa shape index (κ1) is 12.7. The van der Waals surface area contributed by atoms with Gasteiger partial charge < -0.3 is 14.6 Å². The molecule has 1 unspecified atom stereocenters. The summed E-state index contributed by atoms with van der Waals surface area (Å²) in [5, 5.41) is 8.90. The fraction of sp³-hybridized carbons (Fsp3) is 0.636. The molecular weight excluding hydrogens is 206 g/mol. The summed E-state index contributed by atoms with van der Waals surface area (Å²) in [6, 6.07) is 0.149. The number of aromatic nitrogens is 2. The van der Waals surface area contributed by atoms with Crippen LogP contribution in [-0.2, 0) is 4.79 Å². The number of aliphatic carboxylic acids is 1. The van der Waals surface area contributed by atoms with Crippen molar-refractivity contribution >= 4 is 5.97 Å². The minimum atomic E-state index is -0.796. The summed E-state index contributed by atoms with van der Waals surface area (Å²) in [5.74, 6) is -0.796. The molecule has 0 fully saturated rings. The molecule has 0 aliphatic carbocycles. The van der Waals surface area contributed by atoms with Crippen molar-refractivity contribution in [1.29, 1.82) is 0 Å². The highest BCUT2D eigenvalue weighted by Gasteiger charge is 2.22. The van der Waals surface area contributed by atoms with Crippen LogP contribution in [0.5, 0.6) is 0 Å². The number of carbonyl (C=O) groups is 1. The largest absolute Gasteiger partial charge is 0.481 e. The van der Waals surface area contributed by atoms with E-state index in [-0.39, 0.29) is 18.5 Å². The minimum Gasteiger partial charge on any atom is -0.481 e. The smallest absolute Gasteiger partial charge is 0.305 e. The van der Waals surface area contributed by atoms with E-state index in [1.807, 2.05) is 23.6 Å². The molecule has 0 radical (unpaired) electrons. The van der Waals surface area contributed by atoms with Gasteiger partial charge in [0.05, 0.1) is 24.5 Å². The predicted molar refractivity (Wildman–Crippen MR) is 61.3 cm³/mol. The molecular formula is C11H19N3O2. The molecule has 0 spiro atoms. The lowest BCUT2D eigenvalue weighted by atomic mass is 10.1. The van der Waals surface area contributed by atoms with Gasteiger partial charge in [-0.3, -0.25) is 4.79 Å². The second-order valence-corrected chi connectivity index (χ2v) is 4.40. The summed E-state index contributed by atoms with van der Waals surface area (Å²) < 4.78 is 2.01. The van der Waals surface area contributed by atoms with E-state index in [4.69, 9.17) is 5.11 Å². The van der Waals surface area contributed by atoms with Crippen molar-refractivity contribution in [1.82, 2.24) is 14.5 Å². The summed E-state index contributed by atoms with van der Waals surface area (Å²) in [7, 11) is 3.76. The van der Waals surface area contributed by atoms with Crippen molar-refractivity contribution in [3.63, 3.8) is 0 Å². The van der Waals surface area contributed by atoms with E-state index in [9.17, 15) is 4.79 Å². The fourth-order valence-electron chi connectivity index (χ4n) is 1.72. The molecule has 0 amide bonds. The lowest BCUT2D eigenvalue weighted by Gasteiger charge is -2.25. The summed E-state index contributed by atoms with van der Waals surface area (Å²) in [5.41, 5.74) is 0.947. The molecule has 1 aromatic rings. The number of hydrogen-bond acceptors (Lipinski definition) is 3. The van der Waals surface area contributed by atoms with Gasteiger partial charge in [-0.1, -0.05) is 0 Å². The first-order valence-corrected chi connectivity index (χ1v) is 5.33. The standard InChI is InChI=1S/C11H19N3O2/c1-8(2)14-7-12-6-10(14)9(13(3)4)5-11(15)16/h6-9H,5H2,1-4H3,(H,15,16). The summed E-state index contributed by atoms with van der Waals surface area (Å²) >= 11 is 0. The van der Waals surface area contributed by atoms with Crippen LogP contribution in [0.4, 0.5) is 0 Å². The monoisotopic (exact) mass is 225 g/mol.